The molecule has 1 saturated carbocycles. The normalized spacial score (nSPS) is 20.6. The van der Waals surface area contributed by atoms with Gasteiger partial charge in [-0.1, -0.05) is 24.9 Å². The van der Waals surface area contributed by atoms with Crippen molar-refractivity contribution in [2.24, 2.45) is 5.92 Å². The van der Waals surface area contributed by atoms with Crippen molar-refractivity contribution in [2.75, 3.05) is 13.2 Å². The molecule has 1 fully saturated rings. The lowest BCUT2D eigenvalue weighted by atomic mass is 9.86. The van der Waals surface area contributed by atoms with E-state index >= 15 is 0 Å². The van der Waals surface area contributed by atoms with Gasteiger partial charge in [-0.25, -0.2) is 9.78 Å². The summed E-state index contributed by atoms with van der Waals surface area (Å²) in [6.07, 6.45) is 9.74. The van der Waals surface area contributed by atoms with Crippen LogP contribution in [0.1, 0.15) is 51.5 Å². The van der Waals surface area contributed by atoms with Crippen molar-refractivity contribution in [1.82, 2.24) is 20.1 Å². The quantitative estimate of drug-likeness (QED) is 0.611. The van der Waals surface area contributed by atoms with Gasteiger partial charge in [0.25, 0.3) is 0 Å². The highest BCUT2D eigenvalue weighted by molar-refractivity contribution is 6.29. The van der Waals surface area contributed by atoms with E-state index in [1.54, 1.807) is 12.3 Å². The minimum absolute atomic E-state index is 0.293. The first-order valence-corrected chi connectivity index (χ1v) is 9.44. The van der Waals surface area contributed by atoms with E-state index in [2.05, 4.69) is 22.3 Å². The Morgan fingerprint density at radius 1 is 1.40 bits per heavy atom. The Kier molecular flexibility index (Phi) is 6.13. The van der Waals surface area contributed by atoms with Gasteiger partial charge in [-0.3, -0.25) is 4.68 Å². The number of aromatic nitrogens is 3. The summed E-state index contributed by atoms with van der Waals surface area (Å²) in [7, 11) is 0. The van der Waals surface area contributed by atoms with Crippen molar-refractivity contribution in [3.05, 3.63) is 23.6 Å². The number of carbonyl (C=O) groups excluding carboxylic acids is 1. The number of nitrogens with one attached hydrogen (secondary N) is 1. The zero-order valence-corrected chi connectivity index (χ0v) is 15.3. The van der Waals surface area contributed by atoms with Crippen molar-refractivity contribution in [3.8, 4) is 0 Å². The molecule has 1 aliphatic rings. The average Bonchev–Trinajstić information content (AvgIpc) is 3.04. The Morgan fingerprint density at radius 2 is 2.20 bits per heavy atom. The molecule has 0 unspecified atom stereocenters. The highest BCUT2D eigenvalue weighted by atomic mass is 35.5. The fraction of sp³-hybridized carbons (Fsp3) is 0.611. The molecule has 0 aliphatic heterocycles. The van der Waals surface area contributed by atoms with Crippen molar-refractivity contribution in [2.45, 2.75) is 51.5 Å². The van der Waals surface area contributed by atoms with E-state index < -0.39 is 0 Å². The number of ether oxygens (including phenoxy) is 1. The van der Waals surface area contributed by atoms with Crippen LogP contribution >= 0.6 is 11.6 Å². The third kappa shape index (κ3) is 4.84. The summed E-state index contributed by atoms with van der Waals surface area (Å²) in [6, 6.07) is 2.20. The van der Waals surface area contributed by atoms with Crippen LogP contribution in [0.15, 0.2) is 18.5 Å². The molecule has 0 aromatic carbocycles. The molecule has 1 amide bonds. The summed E-state index contributed by atoms with van der Waals surface area (Å²) < 4.78 is 7.17. The van der Waals surface area contributed by atoms with Crippen LogP contribution < -0.4 is 5.32 Å². The number of unbranched alkanes of at least 4 members (excludes halogenated alkanes) is 1. The summed E-state index contributed by atoms with van der Waals surface area (Å²) in [4.78, 5) is 15.7. The van der Waals surface area contributed by atoms with Gasteiger partial charge in [-0.05, 0) is 38.0 Å². The van der Waals surface area contributed by atoms with E-state index in [4.69, 9.17) is 16.3 Å². The summed E-state index contributed by atoms with van der Waals surface area (Å²) in [5, 5.41) is 9.02. The first-order chi connectivity index (χ1) is 12.2. The maximum atomic E-state index is 11.6. The van der Waals surface area contributed by atoms with Gasteiger partial charge in [0.15, 0.2) is 0 Å². The molecule has 2 aromatic heterocycles. The number of fused-ring (bicyclic) bond motifs is 1. The van der Waals surface area contributed by atoms with Crippen LogP contribution in [0.4, 0.5) is 4.79 Å². The van der Waals surface area contributed by atoms with Gasteiger partial charge in [-0.15, -0.1) is 0 Å². The molecule has 6 nitrogen and oxygen atoms in total. The van der Waals surface area contributed by atoms with Crippen LogP contribution in [0.3, 0.4) is 0 Å². The number of pyridine rings is 1. The average molecular weight is 365 g/mol. The van der Waals surface area contributed by atoms with Gasteiger partial charge in [0.1, 0.15) is 5.15 Å². The molecule has 2 aromatic rings. The smallest absolute Gasteiger partial charge is 0.407 e. The number of rotatable bonds is 6. The van der Waals surface area contributed by atoms with E-state index in [0.29, 0.717) is 30.3 Å². The predicted octanol–water partition coefficient (Wildman–Crippen LogP) is 4.34. The van der Waals surface area contributed by atoms with Gasteiger partial charge >= 0.3 is 6.09 Å². The molecular weight excluding hydrogens is 340 g/mol. The summed E-state index contributed by atoms with van der Waals surface area (Å²) in [5.74, 6) is 0.510. The van der Waals surface area contributed by atoms with Crippen molar-refractivity contribution < 1.29 is 9.53 Å². The molecule has 3 rings (SSSR count). The molecule has 0 spiro atoms. The molecule has 25 heavy (non-hydrogen) atoms. The van der Waals surface area contributed by atoms with Crippen LogP contribution in [0.5, 0.6) is 0 Å². The van der Waals surface area contributed by atoms with Crippen LogP contribution in [-0.2, 0) is 4.74 Å². The third-order valence-corrected chi connectivity index (χ3v) is 5.04. The van der Waals surface area contributed by atoms with Crippen LogP contribution in [0.2, 0.25) is 5.15 Å². The predicted molar refractivity (Wildman–Crippen MR) is 97.8 cm³/mol. The molecular formula is C18H25ClN4O2. The van der Waals surface area contributed by atoms with Gasteiger partial charge in [0.2, 0.25) is 0 Å². The zero-order chi connectivity index (χ0) is 17.6. The second-order valence-corrected chi connectivity index (χ2v) is 7.11. The number of halogens is 1. The second-order valence-electron chi connectivity index (χ2n) is 6.72. The highest BCUT2D eigenvalue weighted by Gasteiger charge is 2.23. The molecule has 7 heteroatoms. The van der Waals surface area contributed by atoms with Crippen molar-refractivity contribution in [1.29, 1.82) is 0 Å². The molecule has 0 radical (unpaired) electrons. The van der Waals surface area contributed by atoms with Crippen LogP contribution in [0, 0.1) is 5.92 Å². The second kappa shape index (κ2) is 8.52. The van der Waals surface area contributed by atoms with Gasteiger partial charge < -0.3 is 10.1 Å². The van der Waals surface area contributed by atoms with Gasteiger partial charge in [0, 0.05) is 30.4 Å². The lowest BCUT2D eigenvalue weighted by Crippen LogP contribution is -2.32. The van der Waals surface area contributed by atoms with Crippen molar-refractivity contribution in [3.63, 3.8) is 0 Å². The summed E-state index contributed by atoms with van der Waals surface area (Å²) in [5.41, 5.74) is 0.888. The maximum absolute atomic E-state index is 11.6. The standard InChI is InChI=1S/C18H25ClN4O2/c1-2-3-8-25-18(24)21-10-13-4-6-15(7-5-13)23-12-14-11-20-17(19)9-16(14)22-23/h9,11-13,15H,2-8,10H2,1H3,(H,21,24). The van der Waals surface area contributed by atoms with E-state index in [0.717, 1.165) is 49.4 Å². The molecule has 1 N–H and O–H groups in total. The first-order valence-electron chi connectivity index (χ1n) is 9.06. The van der Waals surface area contributed by atoms with E-state index in [1.165, 1.54) is 0 Å². The monoisotopic (exact) mass is 364 g/mol. The molecule has 2 heterocycles. The number of amides is 1. The number of hydrogen-bond donors (Lipinski definition) is 1. The minimum atomic E-state index is -0.293. The Labute approximate surface area is 152 Å². The van der Waals surface area contributed by atoms with Gasteiger partial charge in [-0.2, -0.15) is 5.10 Å². The van der Waals surface area contributed by atoms with E-state index in [-0.39, 0.29) is 6.09 Å². The Hall–Kier alpha value is -1.82. The SMILES string of the molecule is CCCCOC(=O)NCC1CCC(n2cc3cnc(Cl)cc3n2)CC1. The fourth-order valence-electron chi connectivity index (χ4n) is 3.30. The number of hydrogen-bond acceptors (Lipinski definition) is 4. The summed E-state index contributed by atoms with van der Waals surface area (Å²) in [6.45, 7) is 3.27. The number of nitrogens with zero attached hydrogens (tertiary/aromatic N) is 3. The number of alkyl carbamates (subject to hydrolysis) is 1. The van der Waals surface area contributed by atoms with Crippen molar-refractivity contribution >= 4 is 28.6 Å². The third-order valence-electron chi connectivity index (χ3n) is 4.83. The van der Waals surface area contributed by atoms with E-state index in [1.807, 2.05) is 10.9 Å². The Morgan fingerprint density at radius 3 is 2.96 bits per heavy atom. The zero-order valence-electron chi connectivity index (χ0n) is 14.6. The molecule has 1 aliphatic carbocycles. The molecule has 0 atom stereocenters. The Bertz CT molecular complexity index is 710. The Balaban J connectivity index is 1.45. The topological polar surface area (TPSA) is 69.0 Å². The lowest BCUT2D eigenvalue weighted by Gasteiger charge is -2.28. The minimum Gasteiger partial charge on any atom is -0.450 e. The highest BCUT2D eigenvalue weighted by Crippen LogP contribution is 2.32. The molecule has 136 valence electrons. The molecule has 0 saturated heterocycles. The van der Waals surface area contributed by atoms with E-state index in [9.17, 15) is 4.79 Å². The van der Waals surface area contributed by atoms with Crippen LogP contribution in [0.25, 0.3) is 10.9 Å². The lowest BCUT2D eigenvalue weighted by molar-refractivity contribution is 0.140. The summed E-state index contributed by atoms with van der Waals surface area (Å²) >= 11 is 5.93. The first kappa shape index (κ1) is 18.0. The maximum Gasteiger partial charge on any atom is 0.407 e. The largest absolute Gasteiger partial charge is 0.450 e. The van der Waals surface area contributed by atoms with Crippen LogP contribution in [-0.4, -0.2) is 34.0 Å². The van der Waals surface area contributed by atoms with Gasteiger partial charge in [0.05, 0.1) is 18.2 Å². The fourth-order valence-corrected chi connectivity index (χ4v) is 3.45. The number of carbonyl (C=O) groups is 1. The molecule has 0 bridgehead atoms.